The highest BCUT2D eigenvalue weighted by molar-refractivity contribution is 6.04. The fraction of sp³-hybridized carbons (Fsp3) is 0.672. The Morgan fingerprint density at radius 1 is 0.770 bits per heavy atom. The largest absolute Gasteiger partial charge is 0.458 e. The summed E-state index contributed by atoms with van der Waals surface area (Å²) in [5.41, 5.74) is 1.65. The number of amides is 5. The maximum absolute atomic E-state index is 15.5. The minimum Gasteiger partial charge on any atom is -0.458 e. The first-order chi connectivity index (χ1) is 41.8. The van der Waals surface area contributed by atoms with Gasteiger partial charge in [0.25, 0.3) is 5.56 Å². The molecule has 1 aromatic carbocycles. The maximum Gasteiger partial charge on any atom is 0.343 e. The van der Waals surface area contributed by atoms with Crippen LogP contribution >= 0.6 is 0 Å². The summed E-state index contributed by atoms with van der Waals surface area (Å²) in [5, 5.41) is 35.5. The summed E-state index contributed by atoms with van der Waals surface area (Å²) in [5.74, 6) is -3.35. The number of aryl methyl sites for hydroxylation is 1. The number of pyridine rings is 2. The first-order valence-electron chi connectivity index (χ1n) is 30.3. The normalized spacial score (nSPS) is 18.9. The van der Waals surface area contributed by atoms with Gasteiger partial charge in [0.2, 0.25) is 29.5 Å². The summed E-state index contributed by atoms with van der Waals surface area (Å²) >= 11 is 0. The molecule has 87 heavy (non-hydrogen) atoms. The van der Waals surface area contributed by atoms with Gasteiger partial charge in [-0.1, -0.05) is 34.6 Å². The summed E-state index contributed by atoms with van der Waals surface area (Å²) in [4.78, 5) is 96.2. The van der Waals surface area contributed by atoms with Crippen molar-refractivity contribution in [2.24, 2.45) is 17.8 Å². The molecule has 1 saturated heterocycles. The average molecular weight is 1230 g/mol. The van der Waals surface area contributed by atoms with Gasteiger partial charge in [-0.05, 0) is 67.7 Å². The van der Waals surface area contributed by atoms with Crippen molar-refractivity contribution >= 4 is 46.4 Å². The highest BCUT2D eigenvalue weighted by Crippen LogP contribution is 2.46. The number of benzene rings is 1. The number of esters is 1. The van der Waals surface area contributed by atoms with Crippen molar-refractivity contribution < 1.29 is 86.0 Å². The average Bonchev–Trinajstić information content (AvgIpc) is 1.67. The quantitative estimate of drug-likeness (QED) is 0.0161. The minimum absolute atomic E-state index is 0.000405. The standard InChI is InChI=1S/C61H88FN7O18/c1-8-61(78)44-32-48-55-42(34-69(48)59(76)43(44)35-87-60(61)77)53-46(10-9-40-38(6)45(62)33-47(65-55)52(40)53)66-56(73)39(7)64-57(74)54(37(4)5)67-50(71)12-15-79-17-19-81-21-23-83-25-27-85-29-30-86-28-26-84-24-22-82-20-18-80-16-13-63-49(70)11-14-68-51(72)31-41(36(2)3)58(68)75/h32-33,36-37,39,41,46,54,56,66,73,78H,8-31,34-35H2,1-7H3,(H,63,70)(H,64,74)(H,67,71)/t39-,41?,46-,54-,56?,61-/m0/s1. The number of rotatable bonds is 39. The summed E-state index contributed by atoms with van der Waals surface area (Å²) in [6, 6.07) is 0.672. The summed E-state index contributed by atoms with van der Waals surface area (Å²) in [6.45, 7) is 18.2. The number of carbonyl (C=O) groups is 6. The Labute approximate surface area is 506 Å². The van der Waals surface area contributed by atoms with Crippen LogP contribution in [0.2, 0.25) is 0 Å². The molecule has 5 amide bonds. The lowest BCUT2D eigenvalue weighted by atomic mass is 9.81. The number of fused-ring (bicyclic) bond motifs is 5. The van der Waals surface area contributed by atoms with Gasteiger partial charge in [0.1, 0.15) is 24.7 Å². The van der Waals surface area contributed by atoms with E-state index < -0.39 is 53.2 Å². The molecule has 0 spiro atoms. The molecule has 6 N–H and O–H groups in total. The van der Waals surface area contributed by atoms with Crippen molar-refractivity contribution in [3.8, 4) is 11.4 Å². The zero-order valence-corrected chi connectivity index (χ0v) is 51.2. The number of carbonyl (C=O) groups excluding carboxylic acids is 6. The molecule has 2 aromatic heterocycles. The number of aliphatic hydroxyl groups excluding tert-OH is 1. The van der Waals surface area contributed by atoms with Crippen LogP contribution in [0.15, 0.2) is 16.9 Å². The molecule has 3 aromatic rings. The van der Waals surface area contributed by atoms with Gasteiger partial charge in [0.15, 0.2) is 5.60 Å². The monoisotopic (exact) mass is 1230 g/mol. The van der Waals surface area contributed by atoms with Crippen LogP contribution in [0.25, 0.3) is 22.3 Å². The molecular weight excluding hydrogens is 1140 g/mol. The van der Waals surface area contributed by atoms with Crippen molar-refractivity contribution in [1.29, 1.82) is 0 Å². The van der Waals surface area contributed by atoms with Crippen LogP contribution in [0.3, 0.4) is 0 Å². The third-order valence-corrected chi connectivity index (χ3v) is 16.2. The van der Waals surface area contributed by atoms with E-state index in [2.05, 4.69) is 21.3 Å². The molecular formula is C61H88FN7O18. The van der Waals surface area contributed by atoms with Crippen LogP contribution in [0.1, 0.15) is 113 Å². The number of cyclic esters (lactones) is 1. The maximum atomic E-state index is 15.5. The molecule has 3 aliphatic heterocycles. The summed E-state index contributed by atoms with van der Waals surface area (Å²) < 4.78 is 66.4. The lowest BCUT2D eigenvalue weighted by Crippen LogP contribution is -2.56. The highest BCUT2D eigenvalue weighted by Gasteiger charge is 2.46. The topological polar surface area (TPSA) is 312 Å². The molecule has 0 radical (unpaired) electrons. The molecule has 0 bridgehead atoms. The van der Waals surface area contributed by atoms with Gasteiger partial charge in [0.05, 0.1) is 141 Å². The Morgan fingerprint density at radius 3 is 1.90 bits per heavy atom. The third-order valence-electron chi connectivity index (χ3n) is 16.2. The van der Waals surface area contributed by atoms with Crippen molar-refractivity contribution in [3.05, 3.63) is 61.7 Å². The smallest absolute Gasteiger partial charge is 0.343 e. The first-order valence-corrected chi connectivity index (χ1v) is 30.3. The highest BCUT2D eigenvalue weighted by atomic mass is 19.1. The lowest BCUT2D eigenvalue weighted by Gasteiger charge is -2.33. The van der Waals surface area contributed by atoms with Gasteiger partial charge in [-0.25, -0.2) is 14.2 Å². The van der Waals surface area contributed by atoms with E-state index in [1.54, 1.807) is 40.7 Å². The van der Waals surface area contributed by atoms with Gasteiger partial charge >= 0.3 is 5.97 Å². The Bertz CT molecular complexity index is 2940. The number of nitrogens with zero attached hydrogens (tertiary/aromatic N) is 3. The van der Waals surface area contributed by atoms with Crippen LogP contribution < -0.4 is 26.8 Å². The van der Waals surface area contributed by atoms with E-state index in [0.717, 1.165) is 11.1 Å². The molecule has 25 nitrogen and oxygen atoms in total. The van der Waals surface area contributed by atoms with Gasteiger partial charge in [0, 0.05) is 66.9 Å². The molecule has 7 rings (SSSR count). The Kier molecular flexibility index (Phi) is 26.1. The number of halogens is 1. The van der Waals surface area contributed by atoms with Crippen molar-refractivity contribution in [2.75, 3.05) is 119 Å². The van der Waals surface area contributed by atoms with Gasteiger partial charge in [-0.15, -0.1) is 0 Å². The number of imide groups is 1. The van der Waals surface area contributed by atoms with Crippen molar-refractivity contribution in [2.45, 2.75) is 130 Å². The molecule has 5 heterocycles. The van der Waals surface area contributed by atoms with Crippen LogP contribution in [0.4, 0.5) is 4.39 Å². The van der Waals surface area contributed by atoms with Crippen molar-refractivity contribution in [1.82, 2.24) is 35.7 Å². The van der Waals surface area contributed by atoms with Crippen LogP contribution in [-0.2, 0) is 96.6 Å². The zero-order chi connectivity index (χ0) is 62.8. The molecule has 1 aliphatic carbocycles. The lowest BCUT2D eigenvalue weighted by molar-refractivity contribution is -0.172. The van der Waals surface area contributed by atoms with Crippen LogP contribution in [0.5, 0.6) is 0 Å². The van der Waals surface area contributed by atoms with E-state index in [0.29, 0.717) is 139 Å². The minimum atomic E-state index is -2.03. The number of likely N-dealkylation sites (tertiary alicyclic amines) is 1. The molecule has 26 heteroatoms. The number of aliphatic hydroxyl groups is 2. The number of ether oxygens (including phenoxy) is 9. The van der Waals surface area contributed by atoms with E-state index >= 15 is 4.39 Å². The van der Waals surface area contributed by atoms with Gasteiger partial charge in [-0.2, -0.15) is 0 Å². The molecule has 6 atom stereocenters. The summed E-state index contributed by atoms with van der Waals surface area (Å²) in [6.07, 6.45) is -0.152. The Morgan fingerprint density at radius 2 is 1.34 bits per heavy atom. The van der Waals surface area contributed by atoms with E-state index in [1.165, 1.54) is 15.5 Å². The number of aromatic nitrogens is 2. The van der Waals surface area contributed by atoms with Crippen LogP contribution in [0, 0.1) is 30.5 Å². The van der Waals surface area contributed by atoms with E-state index in [4.69, 9.17) is 47.6 Å². The molecule has 2 unspecified atom stereocenters. The zero-order valence-electron chi connectivity index (χ0n) is 51.2. The molecule has 482 valence electrons. The van der Waals surface area contributed by atoms with Gasteiger partial charge in [-0.3, -0.25) is 39.0 Å². The summed E-state index contributed by atoms with van der Waals surface area (Å²) in [7, 11) is 0. The van der Waals surface area contributed by atoms with E-state index in [9.17, 15) is 43.8 Å². The predicted octanol–water partition coefficient (Wildman–Crippen LogP) is 2.13. The van der Waals surface area contributed by atoms with Crippen LogP contribution in [-0.4, -0.2) is 197 Å². The molecule has 4 aliphatic rings. The third kappa shape index (κ3) is 17.7. The number of hydrogen-bond acceptors (Lipinski definition) is 20. The molecule has 1 fully saturated rings. The first kappa shape index (κ1) is 68.6. The Balaban J connectivity index is 0.687. The number of nitrogens with one attached hydrogen (secondary N) is 4. The van der Waals surface area contributed by atoms with E-state index in [-0.39, 0.29) is 118 Å². The second-order valence-corrected chi connectivity index (χ2v) is 22.8. The molecule has 0 saturated carbocycles. The number of hydrogen-bond donors (Lipinski definition) is 6. The second kappa shape index (κ2) is 33.1. The second-order valence-electron chi connectivity index (χ2n) is 22.8. The van der Waals surface area contributed by atoms with Crippen molar-refractivity contribution in [3.63, 3.8) is 0 Å². The fourth-order valence-corrected chi connectivity index (χ4v) is 11.1. The fourth-order valence-electron chi connectivity index (χ4n) is 11.1. The van der Waals surface area contributed by atoms with E-state index in [1.807, 2.05) is 13.8 Å². The predicted molar refractivity (Wildman–Crippen MR) is 312 cm³/mol. The van der Waals surface area contributed by atoms with Gasteiger partial charge < -0.3 is 73.4 Å². The Hall–Kier alpha value is -5.91. The SMILES string of the molecule is CC[C@@]1(O)C(=O)OCc2c1cc1n(c2=O)Cc2c-1nc1cc(F)c(C)c3c1c2[C@@H](NC(O)[C@H](C)NC(=O)[C@@H](NC(=O)CCOCCOCCOCCOCCOCCOCCOCCOCCNC(=O)CCN1C(=O)CC(C(C)C)C1=O)C(C)C)CC3.